The number of fused-ring (bicyclic) bond motifs is 1. The number of nitrogens with two attached hydrogens (primary N) is 1. The van der Waals surface area contributed by atoms with Gasteiger partial charge in [-0.2, -0.15) is 8.61 Å². The van der Waals surface area contributed by atoms with Crippen molar-refractivity contribution in [1.82, 2.24) is 8.61 Å². The number of rotatable bonds is 8. The predicted octanol–water partition coefficient (Wildman–Crippen LogP) is -0.241. The fourth-order valence-electron chi connectivity index (χ4n) is 2.98. The van der Waals surface area contributed by atoms with E-state index in [9.17, 15) is 25.3 Å². The fraction of sp³-hybridized carbons (Fsp3) is 0.692. The highest BCUT2D eigenvalue weighted by molar-refractivity contribution is 7.94. The van der Waals surface area contributed by atoms with Crippen LogP contribution in [0.25, 0.3) is 0 Å². The van der Waals surface area contributed by atoms with E-state index >= 15 is 0 Å². The molecule has 2 N–H and O–H groups in total. The van der Waals surface area contributed by atoms with E-state index in [4.69, 9.17) is 9.88 Å². The topological polar surface area (TPSA) is 144 Å². The van der Waals surface area contributed by atoms with Crippen molar-refractivity contribution in [3.63, 3.8) is 0 Å². The fourth-order valence-corrected chi connectivity index (χ4v) is 8.37. The number of ether oxygens (including phenoxy) is 1. The summed E-state index contributed by atoms with van der Waals surface area (Å²) in [6.45, 7) is 2.08. The molecule has 1 aliphatic rings. The predicted molar refractivity (Wildman–Crippen MR) is 101 cm³/mol. The summed E-state index contributed by atoms with van der Waals surface area (Å²) in [6, 6.07) is 0.329. The van der Waals surface area contributed by atoms with Crippen molar-refractivity contribution in [3.8, 4) is 0 Å². The third-order valence-corrected chi connectivity index (χ3v) is 10.5. The number of methoxy groups -OCH3 is 1. The van der Waals surface area contributed by atoms with Gasteiger partial charge in [0.2, 0.25) is 20.0 Å². The van der Waals surface area contributed by atoms with Gasteiger partial charge in [0.15, 0.2) is 0 Å². The monoisotopic (exact) mass is 461 g/mol. The van der Waals surface area contributed by atoms with Crippen molar-refractivity contribution < 1.29 is 30.0 Å². The van der Waals surface area contributed by atoms with Gasteiger partial charge in [0, 0.05) is 38.9 Å². The molecule has 1 aromatic heterocycles. The zero-order valence-electron chi connectivity index (χ0n) is 15.2. The Morgan fingerprint density at radius 2 is 2.00 bits per heavy atom. The van der Waals surface area contributed by atoms with Crippen LogP contribution in [0.15, 0.2) is 14.5 Å². The van der Waals surface area contributed by atoms with Crippen LogP contribution in [0.3, 0.4) is 0 Å². The Kier molecular flexibility index (Phi) is 6.74. The van der Waals surface area contributed by atoms with Crippen molar-refractivity contribution in [1.29, 1.82) is 0 Å². The van der Waals surface area contributed by atoms with E-state index in [2.05, 4.69) is 0 Å². The van der Waals surface area contributed by atoms with Crippen molar-refractivity contribution in [2.45, 2.75) is 27.8 Å². The molecule has 0 aliphatic carbocycles. The minimum absolute atomic E-state index is 0.107. The second-order valence-corrected chi connectivity index (χ2v) is 13.0. The molecule has 0 radical (unpaired) electrons. The van der Waals surface area contributed by atoms with E-state index < -0.39 is 36.1 Å². The maximum atomic E-state index is 12.9. The van der Waals surface area contributed by atoms with Crippen LogP contribution in [-0.4, -0.2) is 73.5 Å². The van der Waals surface area contributed by atoms with Gasteiger partial charge in [-0.15, -0.1) is 11.3 Å². The van der Waals surface area contributed by atoms with Gasteiger partial charge in [-0.1, -0.05) is 6.92 Å². The van der Waals surface area contributed by atoms with Crippen LogP contribution in [0, 0.1) is 0 Å². The largest absolute Gasteiger partial charge is 0.385 e. The summed E-state index contributed by atoms with van der Waals surface area (Å²) in [5.41, 5.74) is 0.138. The van der Waals surface area contributed by atoms with Crippen molar-refractivity contribution >= 4 is 41.4 Å². The van der Waals surface area contributed by atoms with Crippen molar-refractivity contribution in [2.75, 3.05) is 39.6 Å². The first-order valence-electron chi connectivity index (χ1n) is 7.96. The Balaban J connectivity index is 2.63. The number of primary sulfonamides is 1. The lowest BCUT2D eigenvalue weighted by atomic mass is 10.1. The first-order valence-corrected chi connectivity index (χ1v) is 13.6. The van der Waals surface area contributed by atoms with E-state index in [0.29, 0.717) is 24.4 Å². The number of nitrogens with zero attached hydrogens (tertiary/aromatic N) is 2. The zero-order valence-corrected chi connectivity index (χ0v) is 18.4. The maximum Gasteiger partial charge on any atom is 0.253 e. The minimum Gasteiger partial charge on any atom is -0.385 e. The Morgan fingerprint density at radius 1 is 1.37 bits per heavy atom. The molecule has 1 atom stereocenters. The first kappa shape index (κ1) is 22.7. The summed E-state index contributed by atoms with van der Waals surface area (Å²) in [7, 11) is -10.3. The van der Waals surface area contributed by atoms with Crippen LogP contribution in [-0.2, 0) is 34.8 Å². The lowest BCUT2D eigenvalue weighted by Crippen LogP contribution is -2.46. The molecule has 0 spiro atoms. The van der Waals surface area contributed by atoms with Crippen LogP contribution in [0.4, 0.5) is 0 Å². The Morgan fingerprint density at radius 3 is 2.48 bits per heavy atom. The van der Waals surface area contributed by atoms with Gasteiger partial charge in [0.25, 0.3) is 10.0 Å². The summed E-state index contributed by atoms with van der Waals surface area (Å²) in [5, 5.41) is 5.16. The number of hydrogen-bond donors (Lipinski definition) is 1. The molecule has 156 valence electrons. The first-order chi connectivity index (χ1) is 12.3. The second kappa shape index (κ2) is 8.02. The van der Waals surface area contributed by atoms with Crippen LogP contribution in [0.5, 0.6) is 0 Å². The molecule has 0 saturated heterocycles. The molecule has 1 aromatic rings. The zero-order chi connectivity index (χ0) is 20.6. The molecule has 0 fully saturated rings. The molecule has 2 rings (SSSR count). The number of thiophene rings is 1. The second-order valence-electron chi connectivity index (χ2n) is 6.04. The average molecular weight is 462 g/mol. The summed E-state index contributed by atoms with van der Waals surface area (Å²) in [5.74, 6) is 0. The van der Waals surface area contributed by atoms with Crippen molar-refractivity contribution in [3.05, 3.63) is 11.6 Å². The Labute approximate surface area is 164 Å². The van der Waals surface area contributed by atoms with E-state index in [1.165, 1.54) is 7.11 Å². The highest BCUT2D eigenvalue weighted by Gasteiger charge is 2.43. The number of likely N-dealkylation sites (N-methyl/N-ethyl adjacent to an activating group) is 1. The molecule has 27 heavy (non-hydrogen) atoms. The van der Waals surface area contributed by atoms with Gasteiger partial charge in [0.1, 0.15) is 8.42 Å². The molecule has 0 aromatic carbocycles. The molecular weight excluding hydrogens is 438 g/mol. The standard InChI is InChI=1S/C13H23N3O7S4/c1-4-16(25(3,17)18)11-9-15(6-5-7-23-2)27(21,22)13-10(11)8-12(24-13)26(14,19)20/h8,11H,4-7,9H2,1-3H3,(H2,14,19,20). The van der Waals surface area contributed by atoms with Crippen molar-refractivity contribution in [2.24, 2.45) is 5.14 Å². The summed E-state index contributed by atoms with van der Waals surface area (Å²) in [4.78, 5) is 0. The Bertz CT molecular complexity index is 999. The highest BCUT2D eigenvalue weighted by atomic mass is 32.3. The van der Waals surface area contributed by atoms with E-state index in [1.807, 2.05) is 0 Å². The molecule has 0 saturated carbocycles. The third kappa shape index (κ3) is 4.70. The molecule has 2 heterocycles. The molecule has 0 bridgehead atoms. The molecule has 1 unspecified atom stereocenters. The van der Waals surface area contributed by atoms with E-state index in [-0.39, 0.29) is 33.6 Å². The summed E-state index contributed by atoms with van der Waals surface area (Å²) >= 11 is 0.539. The lowest BCUT2D eigenvalue weighted by molar-refractivity contribution is 0.181. The van der Waals surface area contributed by atoms with Crippen LogP contribution in [0.1, 0.15) is 24.9 Å². The normalized spacial score (nSPS) is 20.7. The summed E-state index contributed by atoms with van der Waals surface area (Å²) < 4.78 is 80.5. The molecule has 1 aliphatic heterocycles. The van der Waals surface area contributed by atoms with Crippen LogP contribution in [0.2, 0.25) is 0 Å². The minimum atomic E-state index is -4.13. The van der Waals surface area contributed by atoms with Crippen LogP contribution >= 0.6 is 11.3 Å². The smallest absolute Gasteiger partial charge is 0.253 e. The van der Waals surface area contributed by atoms with E-state index in [0.717, 1.165) is 20.9 Å². The van der Waals surface area contributed by atoms with Gasteiger partial charge >= 0.3 is 0 Å². The molecule has 14 heteroatoms. The average Bonchev–Trinajstić information content (AvgIpc) is 2.97. The summed E-state index contributed by atoms with van der Waals surface area (Å²) in [6.07, 6.45) is 1.44. The van der Waals surface area contributed by atoms with Crippen LogP contribution < -0.4 is 5.14 Å². The molecule has 0 amide bonds. The quantitative estimate of drug-likeness (QED) is 0.526. The maximum absolute atomic E-state index is 12.9. The SMILES string of the molecule is CCN(C1CN(CCCOC)S(=O)(=O)c2sc(S(N)(=O)=O)cc21)S(C)(=O)=O. The van der Waals surface area contributed by atoms with Gasteiger partial charge in [-0.05, 0) is 12.5 Å². The number of hydrogen-bond acceptors (Lipinski definition) is 8. The van der Waals surface area contributed by atoms with Gasteiger partial charge in [0.05, 0.1) is 12.3 Å². The van der Waals surface area contributed by atoms with Gasteiger partial charge in [-0.25, -0.2) is 30.4 Å². The lowest BCUT2D eigenvalue weighted by Gasteiger charge is -2.37. The number of sulfonamides is 3. The molecular formula is C13H23N3O7S4. The van der Waals surface area contributed by atoms with Gasteiger partial charge in [-0.3, -0.25) is 0 Å². The molecule has 10 nitrogen and oxygen atoms in total. The highest BCUT2D eigenvalue weighted by Crippen LogP contribution is 2.42. The van der Waals surface area contributed by atoms with Gasteiger partial charge < -0.3 is 4.74 Å². The Hall–Kier alpha value is -0.610. The van der Waals surface area contributed by atoms with E-state index in [1.54, 1.807) is 6.92 Å². The third-order valence-electron chi connectivity index (χ3n) is 4.13.